The van der Waals surface area contributed by atoms with Gasteiger partial charge in [0.05, 0.1) is 22.7 Å². The summed E-state index contributed by atoms with van der Waals surface area (Å²) in [5.74, 6) is -0.173. The summed E-state index contributed by atoms with van der Waals surface area (Å²) < 4.78 is 17.2. The molecule has 23 heavy (non-hydrogen) atoms. The van der Waals surface area contributed by atoms with Crippen molar-refractivity contribution in [1.82, 2.24) is 0 Å². The highest BCUT2D eigenvalue weighted by atomic mass is 32.2. The highest BCUT2D eigenvalue weighted by Gasteiger charge is 2.20. The quantitative estimate of drug-likeness (QED) is 0.483. The normalized spacial score (nSPS) is 13.3. The first-order chi connectivity index (χ1) is 11.0. The summed E-state index contributed by atoms with van der Waals surface area (Å²) in [6, 6.07) is 7.43. The van der Waals surface area contributed by atoms with Crippen molar-refractivity contribution in [1.29, 1.82) is 0 Å². The van der Waals surface area contributed by atoms with Crippen LogP contribution in [0, 0.1) is 6.92 Å². The third-order valence-electron chi connectivity index (χ3n) is 3.64. The second-order valence-electron chi connectivity index (χ2n) is 5.58. The van der Waals surface area contributed by atoms with E-state index in [1.807, 2.05) is 31.2 Å². The lowest BCUT2D eigenvalue weighted by atomic mass is 10.1. The van der Waals surface area contributed by atoms with Crippen molar-refractivity contribution >= 4 is 22.6 Å². The fourth-order valence-corrected chi connectivity index (χ4v) is 3.35. The van der Waals surface area contributed by atoms with Crippen LogP contribution in [0.25, 0.3) is 0 Å². The highest BCUT2D eigenvalue weighted by molar-refractivity contribution is 7.86. The number of rotatable bonds is 10. The first kappa shape index (κ1) is 19.6. The maximum atomic E-state index is 12.4. The van der Waals surface area contributed by atoms with Gasteiger partial charge in [0, 0.05) is 17.7 Å². The van der Waals surface area contributed by atoms with Gasteiger partial charge in [0.1, 0.15) is 5.78 Å². The van der Waals surface area contributed by atoms with E-state index in [0.29, 0.717) is 30.8 Å². The van der Waals surface area contributed by atoms with Crippen LogP contribution in [0.1, 0.15) is 51.5 Å². The summed E-state index contributed by atoms with van der Waals surface area (Å²) in [5.41, 5.74) is 1.10. The van der Waals surface area contributed by atoms with E-state index in [-0.39, 0.29) is 11.8 Å². The predicted octanol–water partition coefficient (Wildman–Crippen LogP) is 3.57. The largest absolute Gasteiger partial charge is 0.466 e. The van der Waals surface area contributed by atoms with E-state index < -0.39 is 16.0 Å². The van der Waals surface area contributed by atoms with Gasteiger partial charge in [0.25, 0.3) is 0 Å². The molecule has 0 N–H and O–H groups in total. The van der Waals surface area contributed by atoms with Crippen molar-refractivity contribution < 1.29 is 18.5 Å². The number of ether oxygens (including phenoxy) is 1. The number of aryl methyl sites for hydroxylation is 1. The van der Waals surface area contributed by atoms with Crippen molar-refractivity contribution in [2.45, 2.75) is 63.0 Å². The van der Waals surface area contributed by atoms with E-state index in [1.165, 1.54) is 0 Å². The molecular formula is C18H26O4S. The molecule has 0 amide bonds. The Labute approximate surface area is 141 Å². The Morgan fingerprint density at radius 1 is 1.09 bits per heavy atom. The first-order valence-corrected chi connectivity index (χ1v) is 9.32. The van der Waals surface area contributed by atoms with Crippen LogP contribution in [0.15, 0.2) is 29.2 Å². The van der Waals surface area contributed by atoms with E-state index in [1.54, 1.807) is 13.8 Å². The Kier molecular flexibility index (Phi) is 8.77. The molecule has 0 saturated heterocycles. The molecule has 0 bridgehead atoms. The number of esters is 1. The van der Waals surface area contributed by atoms with Crippen LogP contribution in [0.4, 0.5) is 0 Å². The second kappa shape index (κ2) is 10.3. The molecule has 0 aliphatic carbocycles. The van der Waals surface area contributed by atoms with Crippen molar-refractivity contribution in [3.05, 3.63) is 29.8 Å². The summed E-state index contributed by atoms with van der Waals surface area (Å²) >= 11 is 0. The number of carbonyl (C=O) groups excluding carboxylic acids is 2. The minimum absolute atomic E-state index is 0.0139. The van der Waals surface area contributed by atoms with Gasteiger partial charge in [-0.1, -0.05) is 24.1 Å². The molecule has 0 aliphatic heterocycles. The summed E-state index contributed by atoms with van der Waals surface area (Å²) in [7, 11) is -1.31. The third kappa shape index (κ3) is 7.08. The summed E-state index contributed by atoms with van der Waals surface area (Å²) in [6.07, 6.45) is 3.04. The molecule has 0 aliphatic rings. The minimum atomic E-state index is -1.31. The van der Waals surface area contributed by atoms with Gasteiger partial charge in [-0.3, -0.25) is 13.8 Å². The van der Waals surface area contributed by atoms with E-state index in [0.717, 1.165) is 18.4 Å². The maximum absolute atomic E-state index is 12.4. The Morgan fingerprint density at radius 2 is 1.70 bits per heavy atom. The van der Waals surface area contributed by atoms with Crippen LogP contribution in [0.2, 0.25) is 0 Å². The van der Waals surface area contributed by atoms with Crippen molar-refractivity contribution in [3.8, 4) is 0 Å². The van der Waals surface area contributed by atoms with Crippen LogP contribution in [0.5, 0.6) is 0 Å². The number of carbonyl (C=O) groups is 2. The van der Waals surface area contributed by atoms with Gasteiger partial charge in [-0.2, -0.15) is 0 Å². The second-order valence-corrected chi connectivity index (χ2v) is 7.36. The lowest BCUT2D eigenvalue weighted by Gasteiger charge is -2.11. The molecule has 0 aromatic heterocycles. The monoisotopic (exact) mass is 338 g/mol. The summed E-state index contributed by atoms with van der Waals surface area (Å²) in [4.78, 5) is 24.0. The Bertz CT molecular complexity index is 536. The topological polar surface area (TPSA) is 60.4 Å². The molecule has 1 aromatic carbocycles. The van der Waals surface area contributed by atoms with Crippen LogP contribution < -0.4 is 0 Å². The fraction of sp³-hybridized carbons (Fsp3) is 0.556. The van der Waals surface area contributed by atoms with Gasteiger partial charge in [0.2, 0.25) is 0 Å². The molecule has 1 unspecified atom stereocenters. The smallest absolute Gasteiger partial charge is 0.305 e. The van der Waals surface area contributed by atoms with Crippen molar-refractivity contribution in [2.75, 3.05) is 6.61 Å². The molecule has 128 valence electrons. The average molecular weight is 338 g/mol. The van der Waals surface area contributed by atoms with Gasteiger partial charge in [0.15, 0.2) is 0 Å². The zero-order valence-corrected chi connectivity index (χ0v) is 15.0. The predicted molar refractivity (Wildman–Crippen MR) is 91.8 cm³/mol. The zero-order valence-electron chi connectivity index (χ0n) is 14.2. The molecule has 1 aromatic rings. The van der Waals surface area contributed by atoms with Crippen molar-refractivity contribution in [3.63, 3.8) is 0 Å². The van der Waals surface area contributed by atoms with Crippen LogP contribution in [-0.4, -0.2) is 27.8 Å². The van der Waals surface area contributed by atoms with Crippen molar-refractivity contribution in [2.24, 2.45) is 0 Å². The van der Waals surface area contributed by atoms with E-state index in [2.05, 4.69) is 0 Å². The Balaban J connectivity index is 2.32. The molecule has 0 heterocycles. The Hall–Kier alpha value is -1.49. The van der Waals surface area contributed by atoms with Gasteiger partial charge >= 0.3 is 5.97 Å². The Morgan fingerprint density at radius 3 is 2.30 bits per heavy atom. The maximum Gasteiger partial charge on any atom is 0.305 e. The molecule has 0 spiro atoms. The lowest BCUT2D eigenvalue weighted by molar-refractivity contribution is -0.143. The number of Topliss-reactive ketones (excluding diaryl/α,β-unsaturated/α-hetero) is 1. The van der Waals surface area contributed by atoms with Gasteiger partial charge < -0.3 is 4.74 Å². The number of unbranched alkanes of at least 4 members (excludes halogenated alkanes) is 2. The van der Waals surface area contributed by atoms with Gasteiger partial charge in [-0.15, -0.1) is 0 Å². The molecule has 0 fully saturated rings. The number of ketones is 1. The number of benzene rings is 1. The number of hydrogen-bond donors (Lipinski definition) is 0. The lowest BCUT2D eigenvalue weighted by Crippen LogP contribution is -2.22. The molecule has 2 atom stereocenters. The molecule has 0 radical (unpaired) electrons. The van der Waals surface area contributed by atoms with Crippen LogP contribution >= 0.6 is 0 Å². The number of hydrogen-bond acceptors (Lipinski definition) is 4. The average Bonchev–Trinajstić information content (AvgIpc) is 2.54. The third-order valence-corrected chi connectivity index (χ3v) is 5.28. The SMILES string of the molecule is CCOC(=O)CCCCCC(=O)C(C)[S@@](=O)c1ccc(C)cc1. The molecule has 0 saturated carbocycles. The highest BCUT2D eigenvalue weighted by Crippen LogP contribution is 2.15. The minimum Gasteiger partial charge on any atom is -0.466 e. The zero-order chi connectivity index (χ0) is 17.2. The summed E-state index contributed by atoms with van der Waals surface area (Å²) in [5, 5.41) is -0.497. The van der Waals surface area contributed by atoms with E-state index in [4.69, 9.17) is 4.74 Å². The van der Waals surface area contributed by atoms with Gasteiger partial charge in [-0.25, -0.2) is 0 Å². The van der Waals surface area contributed by atoms with E-state index >= 15 is 0 Å². The molecule has 1 rings (SSSR count). The van der Waals surface area contributed by atoms with Gasteiger partial charge in [-0.05, 0) is 45.7 Å². The first-order valence-electron chi connectivity index (χ1n) is 8.11. The summed E-state index contributed by atoms with van der Waals surface area (Å²) in [6.45, 7) is 5.88. The standard InChI is InChI=1S/C18H26O4S/c1-4-22-18(20)9-7-5-6-8-17(19)15(3)23(21)16-12-10-14(2)11-13-16/h10-13,15H,4-9H2,1-3H3/t15?,23-/m1/s1. The fourth-order valence-electron chi connectivity index (χ4n) is 2.18. The molecule has 5 heteroatoms. The van der Waals surface area contributed by atoms with Crippen LogP contribution in [-0.2, 0) is 25.1 Å². The van der Waals surface area contributed by atoms with Crippen LogP contribution in [0.3, 0.4) is 0 Å². The molecule has 4 nitrogen and oxygen atoms in total. The molecular weight excluding hydrogens is 312 g/mol. The van der Waals surface area contributed by atoms with E-state index in [9.17, 15) is 13.8 Å².